The zero-order chi connectivity index (χ0) is 31.4. The first kappa shape index (κ1) is 29.0. The number of oxazole rings is 1. The summed E-state index contributed by atoms with van der Waals surface area (Å²) in [6.45, 7) is 6.44. The topological polar surface area (TPSA) is 62.3 Å². The molecule has 0 aliphatic carbocycles. The Morgan fingerprint density at radius 1 is 0.729 bits per heavy atom. The molecule has 232 valence electrons. The van der Waals surface area contributed by atoms with Crippen LogP contribution in [-0.4, -0.2) is 21.2 Å². The number of pyridine rings is 1. The van der Waals surface area contributed by atoms with Gasteiger partial charge in [0, 0.05) is 28.7 Å². The molecule has 3 aromatic heterocycles. The standard InChI is InChI=1S/C40H26BN3O3.Pt/c1-40(2,3)24-17-18-42-37(20-24)44-30-11-6-4-9-25(30)26-21-36-28(22-31(26)44)41-27-19-23(39-43-29-10-5-7-12-33(29)47-39)15-16-32(27)45-34-13-8-14-35(46-36)38(34)41;/h4-18,20-21H,1-3H3;/q-2;+2. The molecule has 6 nitrogen and oxygen atoms in total. The molecule has 0 amide bonds. The first-order chi connectivity index (χ1) is 22.9. The van der Waals surface area contributed by atoms with Crippen molar-refractivity contribution in [2.45, 2.75) is 26.2 Å². The Bertz CT molecular complexity index is 2570. The van der Waals surface area contributed by atoms with Crippen molar-refractivity contribution in [2.24, 2.45) is 0 Å². The Balaban J connectivity index is 0.00000314. The maximum atomic E-state index is 6.65. The molecule has 0 radical (unpaired) electrons. The van der Waals surface area contributed by atoms with Crippen LogP contribution in [0.3, 0.4) is 0 Å². The third-order valence-corrected chi connectivity index (χ3v) is 9.34. The second-order valence-electron chi connectivity index (χ2n) is 13.3. The Hall–Kier alpha value is -5.13. The molecular weight excluding hydrogens is 776 g/mol. The van der Waals surface area contributed by atoms with Gasteiger partial charge in [0.25, 0.3) is 0 Å². The summed E-state index contributed by atoms with van der Waals surface area (Å²) >= 11 is 0. The van der Waals surface area contributed by atoms with Crippen LogP contribution in [0.5, 0.6) is 23.0 Å². The summed E-state index contributed by atoms with van der Waals surface area (Å²) in [5.41, 5.74) is 8.27. The average molecular weight is 803 g/mol. The minimum Gasteiger partial charge on any atom is -0.518 e. The number of para-hydroxylation sites is 3. The normalized spacial score (nSPS) is 13.0. The smallest absolute Gasteiger partial charge is 0.518 e. The maximum Gasteiger partial charge on any atom is 2.00 e. The maximum absolute atomic E-state index is 6.65. The van der Waals surface area contributed by atoms with Gasteiger partial charge in [-0.3, -0.25) is 4.98 Å². The van der Waals surface area contributed by atoms with Crippen molar-refractivity contribution in [2.75, 3.05) is 0 Å². The van der Waals surface area contributed by atoms with E-state index in [0.717, 1.165) is 83.7 Å². The number of hydrogen-bond acceptors (Lipinski definition) is 5. The van der Waals surface area contributed by atoms with Gasteiger partial charge in [-0.25, -0.2) is 4.98 Å². The fraction of sp³-hybridized carbons (Fsp3) is 0.100. The molecule has 0 saturated carbocycles. The van der Waals surface area contributed by atoms with Crippen LogP contribution in [0.15, 0.2) is 108 Å². The molecule has 5 aromatic carbocycles. The molecule has 0 atom stereocenters. The minimum absolute atomic E-state index is 0. The van der Waals surface area contributed by atoms with Crippen molar-refractivity contribution >= 4 is 56.0 Å². The molecule has 48 heavy (non-hydrogen) atoms. The predicted octanol–water partition coefficient (Wildman–Crippen LogP) is 7.61. The Morgan fingerprint density at radius 2 is 1.50 bits per heavy atom. The van der Waals surface area contributed by atoms with E-state index in [-0.39, 0.29) is 33.2 Å². The molecule has 0 N–H and O–H groups in total. The zero-order valence-electron chi connectivity index (χ0n) is 26.3. The zero-order valence-corrected chi connectivity index (χ0v) is 28.5. The molecule has 8 aromatic rings. The molecule has 2 aliphatic rings. The Morgan fingerprint density at radius 3 is 2.33 bits per heavy atom. The summed E-state index contributed by atoms with van der Waals surface area (Å²) in [5.74, 6) is 4.41. The first-order valence-corrected chi connectivity index (χ1v) is 15.8. The SMILES string of the molecule is CC(C)(C)c1ccnc(-n2c3[c-]c4c(cc3c3ccccc32)Oc2cccc3c2B4c2[c-]c(-c4nc5ccccc5o4)ccc2O3)c1.[Pt+2]. The van der Waals surface area contributed by atoms with E-state index < -0.39 is 0 Å². The van der Waals surface area contributed by atoms with E-state index in [2.05, 4.69) is 79.9 Å². The van der Waals surface area contributed by atoms with Crippen molar-refractivity contribution in [3.05, 3.63) is 121 Å². The summed E-state index contributed by atoms with van der Waals surface area (Å²) in [6, 6.07) is 40.1. The Kier molecular flexibility index (Phi) is 6.31. The number of ether oxygens (including phenoxy) is 2. The van der Waals surface area contributed by atoms with Gasteiger partial charge in [-0.2, -0.15) is 6.07 Å². The molecule has 0 unspecified atom stereocenters. The van der Waals surface area contributed by atoms with Crippen LogP contribution in [-0.2, 0) is 26.5 Å². The summed E-state index contributed by atoms with van der Waals surface area (Å²) in [7, 11) is 0. The van der Waals surface area contributed by atoms with Crippen LogP contribution in [0.1, 0.15) is 26.3 Å². The number of benzene rings is 5. The van der Waals surface area contributed by atoms with Crippen LogP contribution in [0.25, 0.3) is 50.2 Å². The van der Waals surface area contributed by atoms with Gasteiger partial charge in [0.15, 0.2) is 0 Å². The number of hydrogen-bond donors (Lipinski definition) is 0. The fourth-order valence-corrected chi connectivity index (χ4v) is 7.05. The second kappa shape index (κ2) is 10.4. The third kappa shape index (κ3) is 4.23. The van der Waals surface area contributed by atoms with Gasteiger partial charge in [-0.05, 0) is 58.8 Å². The first-order valence-electron chi connectivity index (χ1n) is 15.8. The quantitative estimate of drug-likeness (QED) is 0.133. The van der Waals surface area contributed by atoms with Gasteiger partial charge in [0.05, 0.1) is 5.52 Å². The number of aromatic nitrogens is 3. The van der Waals surface area contributed by atoms with Crippen molar-refractivity contribution in [3.8, 4) is 40.3 Å². The van der Waals surface area contributed by atoms with E-state index in [1.54, 1.807) is 0 Å². The Labute approximate surface area is 291 Å². The second-order valence-corrected chi connectivity index (χ2v) is 13.3. The predicted molar refractivity (Wildman–Crippen MR) is 186 cm³/mol. The molecule has 0 spiro atoms. The largest absolute Gasteiger partial charge is 2.00 e. The molecule has 0 saturated heterocycles. The van der Waals surface area contributed by atoms with Crippen LogP contribution in [0, 0.1) is 12.1 Å². The fourth-order valence-electron chi connectivity index (χ4n) is 7.05. The molecule has 5 heterocycles. The molecule has 0 bridgehead atoms. The number of rotatable bonds is 2. The molecular formula is C40H26BN3O3Pt. The van der Waals surface area contributed by atoms with E-state index in [9.17, 15) is 0 Å². The molecule has 2 aliphatic heterocycles. The van der Waals surface area contributed by atoms with E-state index in [0.29, 0.717) is 5.89 Å². The van der Waals surface area contributed by atoms with Gasteiger partial charge in [-0.1, -0.05) is 73.6 Å². The van der Waals surface area contributed by atoms with E-state index >= 15 is 0 Å². The minimum atomic E-state index is -0.234. The number of nitrogens with zero attached hydrogens (tertiary/aromatic N) is 3. The van der Waals surface area contributed by atoms with Crippen LogP contribution in [0.4, 0.5) is 0 Å². The monoisotopic (exact) mass is 802 g/mol. The summed E-state index contributed by atoms with van der Waals surface area (Å²) in [6.07, 6.45) is 1.90. The van der Waals surface area contributed by atoms with E-state index in [1.807, 2.05) is 60.8 Å². The average Bonchev–Trinajstić information content (AvgIpc) is 3.66. The van der Waals surface area contributed by atoms with Crippen LogP contribution >= 0.6 is 0 Å². The van der Waals surface area contributed by atoms with Gasteiger partial charge in [0.2, 0.25) is 6.71 Å². The van der Waals surface area contributed by atoms with Crippen molar-refractivity contribution in [3.63, 3.8) is 0 Å². The van der Waals surface area contributed by atoms with E-state index in [1.165, 1.54) is 5.56 Å². The van der Waals surface area contributed by atoms with Crippen LogP contribution in [0.2, 0.25) is 0 Å². The van der Waals surface area contributed by atoms with Gasteiger partial charge in [0.1, 0.15) is 28.8 Å². The van der Waals surface area contributed by atoms with Crippen LogP contribution < -0.4 is 25.9 Å². The molecule has 0 fully saturated rings. The summed E-state index contributed by atoms with van der Waals surface area (Å²) in [4.78, 5) is 9.63. The molecule has 8 heteroatoms. The third-order valence-electron chi connectivity index (χ3n) is 9.34. The van der Waals surface area contributed by atoms with Gasteiger partial charge >= 0.3 is 21.1 Å². The van der Waals surface area contributed by atoms with E-state index in [4.69, 9.17) is 23.9 Å². The number of fused-ring (bicyclic) bond motifs is 8. The van der Waals surface area contributed by atoms with Gasteiger partial charge < -0.3 is 18.5 Å². The van der Waals surface area contributed by atoms with Crippen molar-refractivity contribution in [1.29, 1.82) is 0 Å². The summed E-state index contributed by atoms with van der Waals surface area (Å²) in [5, 5.41) is 2.17. The summed E-state index contributed by atoms with van der Waals surface area (Å²) < 4.78 is 21.5. The van der Waals surface area contributed by atoms with Crippen molar-refractivity contribution < 1.29 is 35.0 Å². The van der Waals surface area contributed by atoms with Gasteiger partial charge in [-0.15, -0.1) is 35.2 Å². The molecule has 10 rings (SSSR count). The van der Waals surface area contributed by atoms with Crippen molar-refractivity contribution in [1.82, 2.24) is 14.5 Å².